The van der Waals surface area contributed by atoms with E-state index in [0.29, 0.717) is 5.69 Å². The third kappa shape index (κ3) is 0.830. The molecular weight excluding hydrogens is 152 g/mol. The number of aldehydes is 1. The smallest absolute Gasteiger partial charge is 0.166 e. The van der Waals surface area contributed by atoms with Crippen molar-refractivity contribution < 1.29 is 4.79 Å². The number of carbonyl (C=O) groups is 1. The zero-order chi connectivity index (χ0) is 8.55. The van der Waals surface area contributed by atoms with E-state index in [2.05, 4.69) is 4.98 Å². The van der Waals surface area contributed by atoms with Crippen LogP contribution in [0.2, 0.25) is 0 Å². The molecule has 60 valence electrons. The SMILES string of the molecule is Cn1c(C=O)cc2cccnc21. The Morgan fingerprint density at radius 3 is 3.08 bits per heavy atom. The molecule has 0 aliphatic rings. The summed E-state index contributed by atoms with van der Waals surface area (Å²) in [5.74, 6) is 0. The number of hydrogen-bond acceptors (Lipinski definition) is 2. The van der Waals surface area contributed by atoms with Gasteiger partial charge in [-0.1, -0.05) is 0 Å². The Balaban J connectivity index is 2.87. The van der Waals surface area contributed by atoms with Gasteiger partial charge in [-0.15, -0.1) is 0 Å². The average Bonchev–Trinajstić information content (AvgIpc) is 2.44. The molecule has 2 heterocycles. The predicted molar refractivity (Wildman–Crippen MR) is 46.1 cm³/mol. The lowest BCUT2D eigenvalue weighted by atomic mass is 10.3. The van der Waals surface area contributed by atoms with Crippen LogP contribution in [0.5, 0.6) is 0 Å². The largest absolute Gasteiger partial charge is 0.326 e. The highest BCUT2D eigenvalue weighted by Gasteiger charge is 2.03. The fourth-order valence-corrected chi connectivity index (χ4v) is 1.29. The molecule has 0 unspecified atom stereocenters. The zero-order valence-electron chi connectivity index (χ0n) is 6.69. The maximum Gasteiger partial charge on any atom is 0.166 e. The Morgan fingerprint density at radius 1 is 1.58 bits per heavy atom. The lowest BCUT2D eigenvalue weighted by Crippen LogP contribution is -1.94. The molecule has 0 aliphatic carbocycles. The lowest BCUT2D eigenvalue weighted by Gasteiger charge is -1.94. The minimum atomic E-state index is 0.656. The summed E-state index contributed by atoms with van der Waals surface area (Å²) in [6, 6.07) is 5.63. The molecule has 3 nitrogen and oxygen atoms in total. The third-order valence-electron chi connectivity index (χ3n) is 1.95. The van der Waals surface area contributed by atoms with Crippen molar-refractivity contribution in [3.63, 3.8) is 0 Å². The van der Waals surface area contributed by atoms with Crippen LogP contribution in [0.4, 0.5) is 0 Å². The molecule has 0 spiro atoms. The molecule has 0 atom stereocenters. The van der Waals surface area contributed by atoms with Crippen molar-refractivity contribution >= 4 is 17.3 Å². The first kappa shape index (κ1) is 7.03. The first-order valence-electron chi connectivity index (χ1n) is 3.68. The van der Waals surface area contributed by atoms with Gasteiger partial charge in [-0.05, 0) is 18.2 Å². The van der Waals surface area contributed by atoms with Crippen molar-refractivity contribution in [1.82, 2.24) is 9.55 Å². The van der Waals surface area contributed by atoms with Crippen LogP contribution in [-0.2, 0) is 7.05 Å². The Morgan fingerprint density at radius 2 is 2.42 bits per heavy atom. The van der Waals surface area contributed by atoms with Gasteiger partial charge in [-0.25, -0.2) is 4.98 Å². The molecule has 0 saturated carbocycles. The van der Waals surface area contributed by atoms with Crippen LogP contribution in [0.15, 0.2) is 24.4 Å². The van der Waals surface area contributed by atoms with Crippen LogP contribution < -0.4 is 0 Å². The van der Waals surface area contributed by atoms with Crippen molar-refractivity contribution in [2.45, 2.75) is 0 Å². The molecule has 0 N–H and O–H groups in total. The number of pyridine rings is 1. The van der Waals surface area contributed by atoms with Crippen LogP contribution >= 0.6 is 0 Å². The quantitative estimate of drug-likeness (QED) is 0.591. The minimum absolute atomic E-state index is 0.656. The van der Waals surface area contributed by atoms with E-state index in [-0.39, 0.29) is 0 Å². The van der Waals surface area contributed by atoms with Gasteiger partial charge >= 0.3 is 0 Å². The molecule has 0 aliphatic heterocycles. The second-order valence-corrected chi connectivity index (χ2v) is 2.66. The van der Waals surface area contributed by atoms with Crippen molar-refractivity contribution in [2.24, 2.45) is 7.05 Å². The normalized spacial score (nSPS) is 10.4. The van der Waals surface area contributed by atoms with E-state index in [4.69, 9.17) is 0 Å². The number of fused-ring (bicyclic) bond motifs is 1. The van der Waals surface area contributed by atoms with Crippen molar-refractivity contribution in [1.29, 1.82) is 0 Å². The molecule has 0 saturated heterocycles. The standard InChI is InChI=1S/C9H8N2O/c1-11-8(6-12)5-7-3-2-4-10-9(7)11/h2-6H,1H3. The second kappa shape index (κ2) is 2.44. The Labute approximate surface area is 69.6 Å². The molecule has 3 heteroatoms. The van der Waals surface area contributed by atoms with Crippen molar-refractivity contribution in [3.05, 3.63) is 30.1 Å². The maximum atomic E-state index is 10.5. The minimum Gasteiger partial charge on any atom is -0.326 e. The van der Waals surface area contributed by atoms with Gasteiger partial charge in [0.15, 0.2) is 6.29 Å². The molecular formula is C9H8N2O. The number of rotatable bonds is 1. The summed E-state index contributed by atoms with van der Waals surface area (Å²) in [5.41, 5.74) is 1.50. The number of aromatic nitrogens is 2. The van der Waals surface area contributed by atoms with Gasteiger partial charge in [0.05, 0.1) is 5.69 Å². The van der Waals surface area contributed by atoms with Crippen molar-refractivity contribution in [3.8, 4) is 0 Å². The van der Waals surface area contributed by atoms with E-state index < -0.39 is 0 Å². The van der Waals surface area contributed by atoms with Crippen molar-refractivity contribution in [2.75, 3.05) is 0 Å². The van der Waals surface area contributed by atoms with Gasteiger partial charge in [0.1, 0.15) is 5.65 Å². The topological polar surface area (TPSA) is 34.9 Å². The molecule has 0 aromatic carbocycles. The van der Waals surface area contributed by atoms with E-state index in [1.165, 1.54) is 0 Å². The number of nitrogens with zero attached hydrogens (tertiary/aromatic N) is 2. The number of aryl methyl sites for hydroxylation is 1. The van der Waals surface area contributed by atoms with E-state index in [9.17, 15) is 4.79 Å². The van der Waals surface area contributed by atoms with Crippen LogP contribution in [-0.4, -0.2) is 15.8 Å². The first-order chi connectivity index (χ1) is 5.83. The third-order valence-corrected chi connectivity index (χ3v) is 1.95. The fourth-order valence-electron chi connectivity index (χ4n) is 1.29. The number of carbonyl (C=O) groups excluding carboxylic acids is 1. The van der Waals surface area contributed by atoms with Crippen LogP contribution in [0.3, 0.4) is 0 Å². The molecule has 0 amide bonds. The predicted octanol–water partition coefficient (Wildman–Crippen LogP) is 1.39. The second-order valence-electron chi connectivity index (χ2n) is 2.66. The highest BCUT2D eigenvalue weighted by molar-refractivity contribution is 5.86. The summed E-state index contributed by atoms with van der Waals surface area (Å²) in [6.07, 6.45) is 2.55. The van der Waals surface area contributed by atoms with E-state index in [0.717, 1.165) is 17.3 Å². The Bertz CT molecular complexity index is 431. The number of hydrogen-bond donors (Lipinski definition) is 0. The van der Waals surface area contributed by atoms with Crippen LogP contribution in [0, 0.1) is 0 Å². The van der Waals surface area contributed by atoms with Gasteiger partial charge < -0.3 is 4.57 Å². The summed E-state index contributed by atoms with van der Waals surface area (Å²) >= 11 is 0. The highest BCUT2D eigenvalue weighted by Crippen LogP contribution is 2.13. The molecule has 0 bridgehead atoms. The van der Waals surface area contributed by atoms with Crippen LogP contribution in [0.25, 0.3) is 11.0 Å². The summed E-state index contributed by atoms with van der Waals surface area (Å²) in [7, 11) is 1.83. The van der Waals surface area contributed by atoms with Gasteiger partial charge in [-0.2, -0.15) is 0 Å². The average molecular weight is 160 g/mol. The highest BCUT2D eigenvalue weighted by atomic mass is 16.1. The summed E-state index contributed by atoms with van der Waals surface area (Å²) < 4.78 is 1.78. The van der Waals surface area contributed by atoms with E-state index in [1.807, 2.05) is 25.2 Å². The van der Waals surface area contributed by atoms with Gasteiger partial charge in [-0.3, -0.25) is 4.79 Å². The summed E-state index contributed by atoms with van der Waals surface area (Å²) in [5, 5.41) is 1.00. The molecule has 0 radical (unpaired) electrons. The lowest BCUT2D eigenvalue weighted by molar-refractivity contribution is 0.111. The zero-order valence-corrected chi connectivity index (χ0v) is 6.69. The Kier molecular flexibility index (Phi) is 1.43. The summed E-state index contributed by atoms with van der Waals surface area (Å²) in [6.45, 7) is 0. The van der Waals surface area contributed by atoms with Gasteiger partial charge in [0.25, 0.3) is 0 Å². The fraction of sp³-hybridized carbons (Fsp3) is 0.111. The Hall–Kier alpha value is -1.64. The summed E-state index contributed by atoms with van der Waals surface area (Å²) in [4.78, 5) is 14.7. The van der Waals surface area contributed by atoms with Gasteiger partial charge in [0, 0.05) is 18.6 Å². The molecule has 2 aromatic heterocycles. The van der Waals surface area contributed by atoms with Crippen LogP contribution in [0.1, 0.15) is 10.5 Å². The maximum absolute atomic E-state index is 10.5. The molecule has 2 rings (SSSR count). The first-order valence-corrected chi connectivity index (χ1v) is 3.68. The van der Waals surface area contributed by atoms with E-state index >= 15 is 0 Å². The monoisotopic (exact) mass is 160 g/mol. The molecule has 2 aromatic rings. The van der Waals surface area contributed by atoms with E-state index in [1.54, 1.807) is 10.8 Å². The molecule has 0 fully saturated rings. The van der Waals surface area contributed by atoms with Gasteiger partial charge in [0.2, 0.25) is 0 Å². The molecule has 12 heavy (non-hydrogen) atoms.